The molecule has 3 nitrogen and oxygen atoms in total. The van der Waals surface area contributed by atoms with Crippen molar-refractivity contribution in [1.29, 1.82) is 0 Å². The van der Waals surface area contributed by atoms with Crippen molar-refractivity contribution in [2.45, 2.75) is 65.1 Å². The number of piperazine rings is 1. The van der Waals surface area contributed by atoms with Gasteiger partial charge in [-0.3, -0.25) is 9.80 Å². The third-order valence-corrected chi connectivity index (χ3v) is 4.66. The van der Waals surface area contributed by atoms with Crippen LogP contribution in [0.15, 0.2) is 0 Å². The van der Waals surface area contributed by atoms with Crippen LogP contribution in [0.4, 0.5) is 0 Å². The van der Waals surface area contributed by atoms with Gasteiger partial charge in [0.2, 0.25) is 0 Å². The zero-order valence-electron chi connectivity index (χ0n) is 13.3. The van der Waals surface area contributed by atoms with E-state index in [9.17, 15) is 0 Å². The number of rotatable bonds is 6. The first kappa shape index (κ1) is 15.9. The standard InChI is InChI=1S/C15H33N3/c1-7-14(8-2)16-11-13(3)18-10-9-17(6)15(4,5)12-18/h13-14,16H,7-12H2,1-6H3. The van der Waals surface area contributed by atoms with E-state index in [0.717, 1.165) is 6.54 Å². The summed E-state index contributed by atoms with van der Waals surface area (Å²) in [4.78, 5) is 5.11. The number of nitrogens with one attached hydrogen (secondary N) is 1. The average Bonchev–Trinajstić information content (AvgIpc) is 2.33. The van der Waals surface area contributed by atoms with Gasteiger partial charge < -0.3 is 5.32 Å². The number of hydrogen-bond acceptors (Lipinski definition) is 3. The summed E-state index contributed by atoms with van der Waals surface area (Å²) in [6.45, 7) is 16.3. The van der Waals surface area contributed by atoms with E-state index < -0.39 is 0 Å². The molecule has 3 heteroatoms. The van der Waals surface area contributed by atoms with E-state index in [1.807, 2.05) is 0 Å². The van der Waals surface area contributed by atoms with E-state index >= 15 is 0 Å². The second kappa shape index (κ2) is 6.88. The van der Waals surface area contributed by atoms with Crippen LogP contribution in [0.25, 0.3) is 0 Å². The van der Waals surface area contributed by atoms with Gasteiger partial charge in [0, 0.05) is 43.8 Å². The van der Waals surface area contributed by atoms with Crippen LogP contribution in [-0.4, -0.2) is 60.6 Å². The monoisotopic (exact) mass is 255 g/mol. The van der Waals surface area contributed by atoms with Crippen molar-refractivity contribution < 1.29 is 0 Å². The van der Waals surface area contributed by atoms with Gasteiger partial charge in [-0.2, -0.15) is 0 Å². The van der Waals surface area contributed by atoms with Crippen molar-refractivity contribution in [3.63, 3.8) is 0 Å². The molecule has 0 aromatic rings. The topological polar surface area (TPSA) is 18.5 Å². The first-order chi connectivity index (χ1) is 8.40. The third kappa shape index (κ3) is 4.22. The molecular weight excluding hydrogens is 222 g/mol. The Labute approximate surface area is 114 Å². The lowest BCUT2D eigenvalue weighted by Crippen LogP contribution is -2.60. The molecule has 0 radical (unpaired) electrons. The third-order valence-electron chi connectivity index (χ3n) is 4.66. The Morgan fingerprint density at radius 2 is 1.78 bits per heavy atom. The van der Waals surface area contributed by atoms with Gasteiger partial charge in [0.05, 0.1) is 0 Å². The highest BCUT2D eigenvalue weighted by atomic mass is 15.3. The number of nitrogens with zero attached hydrogens (tertiary/aromatic N) is 2. The fraction of sp³-hybridized carbons (Fsp3) is 1.00. The molecule has 1 heterocycles. The Balaban J connectivity index is 2.40. The molecule has 108 valence electrons. The fourth-order valence-corrected chi connectivity index (χ4v) is 2.70. The summed E-state index contributed by atoms with van der Waals surface area (Å²) in [6.07, 6.45) is 2.47. The lowest BCUT2D eigenvalue weighted by atomic mass is 9.98. The van der Waals surface area contributed by atoms with Gasteiger partial charge in [0.25, 0.3) is 0 Å². The van der Waals surface area contributed by atoms with E-state index in [2.05, 4.69) is 56.8 Å². The lowest BCUT2D eigenvalue weighted by molar-refractivity contribution is 0.0202. The quantitative estimate of drug-likeness (QED) is 0.785. The molecule has 1 N–H and O–H groups in total. The number of hydrogen-bond donors (Lipinski definition) is 1. The molecule has 1 fully saturated rings. The predicted octanol–water partition coefficient (Wildman–Crippen LogP) is 2.18. The molecule has 18 heavy (non-hydrogen) atoms. The lowest BCUT2D eigenvalue weighted by Gasteiger charge is -2.47. The summed E-state index contributed by atoms with van der Waals surface area (Å²) in [6, 6.07) is 1.33. The zero-order valence-corrected chi connectivity index (χ0v) is 13.3. The Morgan fingerprint density at radius 3 is 2.28 bits per heavy atom. The molecule has 0 bridgehead atoms. The maximum atomic E-state index is 3.70. The molecule has 1 saturated heterocycles. The smallest absolute Gasteiger partial charge is 0.0277 e. The van der Waals surface area contributed by atoms with Gasteiger partial charge in [0.15, 0.2) is 0 Å². The molecule has 0 amide bonds. The molecule has 0 aromatic heterocycles. The van der Waals surface area contributed by atoms with E-state index in [4.69, 9.17) is 0 Å². The van der Waals surface area contributed by atoms with E-state index in [-0.39, 0.29) is 0 Å². The van der Waals surface area contributed by atoms with Gasteiger partial charge in [0.1, 0.15) is 0 Å². The highest BCUT2D eigenvalue weighted by Gasteiger charge is 2.32. The second-order valence-electron chi connectivity index (χ2n) is 6.48. The Kier molecular flexibility index (Phi) is 6.09. The van der Waals surface area contributed by atoms with E-state index in [0.29, 0.717) is 17.6 Å². The molecule has 1 aliphatic rings. The fourth-order valence-electron chi connectivity index (χ4n) is 2.70. The molecule has 0 spiro atoms. The molecule has 1 rings (SSSR count). The number of likely N-dealkylation sites (N-methyl/N-ethyl adjacent to an activating group) is 1. The molecule has 1 atom stereocenters. The van der Waals surface area contributed by atoms with Crippen molar-refractivity contribution in [3.8, 4) is 0 Å². The van der Waals surface area contributed by atoms with Crippen LogP contribution in [-0.2, 0) is 0 Å². The minimum Gasteiger partial charge on any atom is -0.312 e. The maximum absolute atomic E-state index is 3.70. The molecule has 0 aromatic carbocycles. The predicted molar refractivity (Wildman–Crippen MR) is 80.1 cm³/mol. The molecule has 0 saturated carbocycles. The van der Waals surface area contributed by atoms with Crippen LogP contribution in [0, 0.1) is 0 Å². The van der Waals surface area contributed by atoms with Crippen molar-refractivity contribution >= 4 is 0 Å². The summed E-state index contributed by atoms with van der Waals surface area (Å²) in [5.41, 5.74) is 0.307. The van der Waals surface area contributed by atoms with Gasteiger partial charge in [-0.1, -0.05) is 13.8 Å². The second-order valence-corrected chi connectivity index (χ2v) is 6.48. The molecule has 1 aliphatic heterocycles. The van der Waals surface area contributed by atoms with E-state index in [1.165, 1.54) is 32.5 Å². The average molecular weight is 255 g/mol. The Bertz CT molecular complexity index is 236. The SMILES string of the molecule is CCC(CC)NCC(C)N1CCN(C)C(C)(C)C1. The first-order valence-electron chi connectivity index (χ1n) is 7.59. The van der Waals surface area contributed by atoms with Crippen molar-refractivity contribution in [2.75, 3.05) is 33.2 Å². The summed E-state index contributed by atoms with van der Waals surface area (Å²) in [5, 5.41) is 3.70. The van der Waals surface area contributed by atoms with Crippen LogP contribution < -0.4 is 5.32 Å². The highest BCUT2D eigenvalue weighted by Crippen LogP contribution is 2.20. The molecule has 1 unspecified atom stereocenters. The van der Waals surface area contributed by atoms with Crippen molar-refractivity contribution in [1.82, 2.24) is 15.1 Å². The van der Waals surface area contributed by atoms with Crippen LogP contribution >= 0.6 is 0 Å². The summed E-state index contributed by atoms with van der Waals surface area (Å²) in [7, 11) is 2.24. The van der Waals surface area contributed by atoms with Crippen LogP contribution in [0.3, 0.4) is 0 Å². The van der Waals surface area contributed by atoms with Gasteiger partial charge in [-0.25, -0.2) is 0 Å². The largest absolute Gasteiger partial charge is 0.312 e. The van der Waals surface area contributed by atoms with Gasteiger partial charge in [-0.05, 0) is 40.7 Å². The van der Waals surface area contributed by atoms with Gasteiger partial charge in [-0.15, -0.1) is 0 Å². The Morgan fingerprint density at radius 1 is 1.17 bits per heavy atom. The molecule has 0 aliphatic carbocycles. The Hall–Kier alpha value is -0.120. The van der Waals surface area contributed by atoms with Crippen LogP contribution in [0.5, 0.6) is 0 Å². The van der Waals surface area contributed by atoms with Crippen molar-refractivity contribution in [3.05, 3.63) is 0 Å². The first-order valence-corrected chi connectivity index (χ1v) is 7.59. The van der Waals surface area contributed by atoms with E-state index in [1.54, 1.807) is 0 Å². The zero-order chi connectivity index (χ0) is 13.8. The van der Waals surface area contributed by atoms with Crippen molar-refractivity contribution in [2.24, 2.45) is 0 Å². The normalized spacial score (nSPS) is 23.5. The maximum Gasteiger partial charge on any atom is 0.0277 e. The minimum absolute atomic E-state index is 0.307. The van der Waals surface area contributed by atoms with Crippen LogP contribution in [0.2, 0.25) is 0 Å². The minimum atomic E-state index is 0.307. The molecular formula is C15H33N3. The summed E-state index contributed by atoms with van der Waals surface area (Å²) < 4.78 is 0. The summed E-state index contributed by atoms with van der Waals surface area (Å²) >= 11 is 0. The highest BCUT2D eigenvalue weighted by molar-refractivity contribution is 4.90. The summed E-state index contributed by atoms with van der Waals surface area (Å²) in [5.74, 6) is 0. The van der Waals surface area contributed by atoms with Crippen LogP contribution in [0.1, 0.15) is 47.5 Å². The van der Waals surface area contributed by atoms with Gasteiger partial charge >= 0.3 is 0 Å².